The van der Waals surface area contributed by atoms with E-state index in [0.29, 0.717) is 0 Å². The van der Waals surface area contributed by atoms with Gasteiger partial charge in [0.2, 0.25) is 0 Å². The third kappa shape index (κ3) is 1.74. The van der Waals surface area contributed by atoms with Crippen molar-refractivity contribution in [3.05, 3.63) is 39.0 Å². The Bertz CT molecular complexity index is 553. The van der Waals surface area contributed by atoms with E-state index < -0.39 is 12.0 Å². The number of anilines is 1. The van der Waals surface area contributed by atoms with E-state index in [4.69, 9.17) is 0 Å². The molecule has 1 aromatic carbocycles. The number of hydrogen-bond donors (Lipinski definition) is 2. The first-order valence-electron chi connectivity index (χ1n) is 6.04. The predicted molar refractivity (Wildman–Crippen MR) is 78.9 cm³/mol. The molecule has 18 heavy (non-hydrogen) atoms. The fourth-order valence-electron chi connectivity index (χ4n) is 3.09. The predicted octanol–water partition coefficient (Wildman–Crippen LogP) is 3.14. The Balaban J connectivity index is 2.14. The van der Waals surface area contributed by atoms with Crippen molar-refractivity contribution >= 4 is 34.2 Å². The monoisotopic (exact) mass is 355 g/mol. The van der Waals surface area contributed by atoms with E-state index in [-0.39, 0.29) is 11.8 Å². The van der Waals surface area contributed by atoms with E-state index in [1.54, 1.807) is 0 Å². The van der Waals surface area contributed by atoms with Crippen LogP contribution in [-0.2, 0) is 4.79 Å². The highest BCUT2D eigenvalue weighted by molar-refractivity contribution is 14.1. The lowest BCUT2D eigenvalue weighted by molar-refractivity contribution is -0.139. The van der Waals surface area contributed by atoms with E-state index in [1.165, 1.54) is 9.13 Å². The van der Waals surface area contributed by atoms with Crippen LogP contribution in [0.25, 0.3) is 0 Å². The van der Waals surface area contributed by atoms with Crippen LogP contribution in [-0.4, -0.2) is 17.1 Å². The molecule has 0 saturated heterocycles. The van der Waals surface area contributed by atoms with Gasteiger partial charge in [-0.2, -0.15) is 0 Å². The third-order valence-corrected chi connectivity index (χ3v) is 4.52. The van der Waals surface area contributed by atoms with Gasteiger partial charge in [-0.1, -0.05) is 12.2 Å². The van der Waals surface area contributed by atoms with E-state index in [9.17, 15) is 9.90 Å². The normalized spacial score (nSPS) is 28.4. The standard InChI is InChI=1S/C14H14INO2/c1-7-5-8(15)6-11-9-3-2-4-10(9)13(14(17)18)16-12(7)11/h2-3,5-6,9-10,13,16H,4H2,1H3,(H,17,18)/t9-,10+,13-/m0/s1. The summed E-state index contributed by atoms with van der Waals surface area (Å²) >= 11 is 2.32. The van der Waals surface area contributed by atoms with Crippen molar-refractivity contribution < 1.29 is 9.90 Å². The highest BCUT2D eigenvalue weighted by Gasteiger charge is 2.41. The van der Waals surface area contributed by atoms with Gasteiger partial charge in [0.25, 0.3) is 0 Å². The molecule has 3 atom stereocenters. The number of nitrogens with one attached hydrogen (secondary N) is 1. The van der Waals surface area contributed by atoms with Crippen molar-refractivity contribution in [1.29, 1.82) is 0 Å². The lowest BCUT2D eigenvalue weighted by Gasteiger charge is -2.35. The summed E-state index contributed by atoms with van der Waals surface area (Å²) in [7, 11) is 0. The highest BCUT2D eigenvalue weighted by Crippen LogP contribution is 2.46. The molecule has 0 radical (unpaired) electrons. The largest absolute Gasteiger partial charge is 0.480 e. The van der Waals surface area contributed by atoms with Gasteiger partial charge in [-0.05, 0) is 59.2 Å². The van der Waals surface area contributed by atoms with Crippen molar-refractivity contribution in [3.8, 4) is 0 Å². The maximum Gasteiger partial charge on any atom is 0.326 e. The van der Waals surface area contributed by atoms with Gasteiger partial charge in [-0.25, -0.2) is 4.79 Å². The SMILES string of the molecule is Cc1cc(I)cc2c1N[C@H](C(=O)O)[C@@H]1CC=C[C@H]21. The Hall–Kier alpha value is -1.04. The van der Waals surface area contributed by atoms with Gasteiger partial charge in [0.1, 0.15) is 6.04 Å². The van der Waals surface area contributed by atoms with Crippen LogP contribution in [0.4, 0.5) is 5.69 Å². The van der Waals surface area contributed by atoms with E-state index in [0.717, 1.165) is 17.7 Å². The van der Waals surface area contributed by atoms with Gasteiger partial charge in [0.05, 0.1) is 0 Å². The number of allylic oxidation sites excluding steroid dienone is 2. The summed E-state index contributed by atoms with van der Waals surface area (Å²) in [5, 5.41) is 12.6. The zero-order valence-corrected chi connectivity index (χ0v) is 12.1. The van der Waals surface area contributed by atoms with Crippen molar-refractivity contribution in [2.75, 3.05) is 5.32 Å². The summed E-state index contributed by atoms with van der Waals surface area (Å²) in [6.07, 6.45) is 5.12. The Morgan fingerprint density at radius 2 is 2.28 bits per heavy atom. The van der Waals surface area contributed by atoms with Crippen LogP contribution in [0.1, 0.15) is 23.5 Å². The lowest BCUT2D eigenvalue weighted by atomic mass is 9.78. The Kier molecular flexibility index (Phi) is 2.84. The number of benzene rings is 1. The number of carbonyl (C=O) groups is 1. The molecular weight excluding hydrogens is 341 g/mol. The van der Waals surface area contributed by atoms with Crippen LogP contribution < -0.4 is 5.32 Å². The molecule has 0 aromatic heterocycles. The maximum atomic E-state index is 11.4. The minimum Gasteiger partial charge on any atom is -0.480 e. The van der Waals surface area contributed by atoms with Crippen LogP contribution in [0.5, 0.6) is 0 Å². The molecule has 1 aromatic rings. The van der Waals surface area contributed by atoms with Crippen LogP contribution in [0.3, 0.4) is 0 Å². The maximum absolute atomic E-state index is 11.4. The van der Waals surface area contributed by atoms with Crippen molar-refractivity contribution in [1.82, 2.24) is 0 Å². The minimum atomic E-state index is -0.752. The summed E-state index contributed by atoms with van der Waals surface area (Å²) in [4.78, 5) is 11.4. The third-order valence-electron chi connectivity index (χ3n) is 3.90. The number of aliphatic carboxylic acids is 1. The van der Waals surface area contributed by atoms with Crippen molar-refractivity contribution in [3.63, 3.8) is 0 Å². The first-order valence-corrected chi connectivity index (χ1v) is 7.12. The summed E-state index contributed by atoms with van der Waals surface area (Å²) in [5.74, 6) is -0.360. The molecule has 3 rings (SSSR count). The zero-order valence-electron chi connectivity index (χ0n) is 9.98. The van der Waals surface area contributed by atoms with E-state index >= 15 is 0 Å². The van der Waals surface area contributed by atoms with Gasteiger partial charge in [-0.15, -0.1) is 0 Å². The second-order valence-electron chi connectivity index (χ2n) is 5.00. The summed E-state index contributed by atoms with van der Waals surface area (Å²) < 4.78 is 1.21. The molecule has 3 nitrogen and oxygen atoms in total. The Labute approximate surface area is 119 Å². The quantitative estimate of drug-likeness (QED) is 0.601. The molecule has 0 fully saturated rings. The smallest absolute Gasteiger partial charge is 0.326 e. The number of carboxylic acids is 1. The van der Waals surface area contributed by atoms with Crippen molar-refractivity contribution in [2.45, 2.75) is 25.3 Å². The number of carboxylic acid groups (broad SMARTS) is 1. The highest BCUT2D eigenvalue weighted by atomic mass is 127. The van der Waals surface area contributed by atoms with Gasteiger partial charge < -0.3 is 10.4 Å². The molecule has 1 heterocycles. The summed E-state index contributed by atoms with van der Waals surface area (Å²) in [6, 6.07) is 3.78. The molecule has 94 valence electrons. The van der Waals surface area contributed by atoms with Gasteiger partial charge >= 0.3 is 5.97 Å². The van der Waals surface area contributed by atoms with Gasteiger partial charge in [0.15, 0.2) is 0 Å². The Morgan fingerprint density at radius 1 is 1.50 bits per heavy atom. The molecule has 0 amide bonds. The van der Waals surface area contributed by atoms with Crippen LogP contribution >= 0.6 is 22.6 Å². The molecule has 1 aliphatic heterocycles. The first kappa shape index (κ1) is 12.0. The molecular formula is C14H14INO2. The number of halogens is 1. The van der Waals surface area contributed by atoms with Crippen LogP contribution in [0.15, 0.2) is 24.3 Å². The summed E-state index contributed by atoms with van der Waals surface area (Å²) in [5.41, 5.74) is 3.38. The Morgan fingerprint density at radius 3 is 3.00 bits per heavy atom. The fourth-order valence-corrected chi connectivity index (χ4v) is 3.89. The first-order chi connectivity index (χ1) is 8.58. The molecule has 2 N–H and O–H groups in total. The van der Waals surface area contributed by atoms with Crippen LogP contribution in [0, 0.1) is 16.4 Å². The fraction of sp³-hybridized carbons (Fsp3) is 0.357. The average Bonchev–Trinajstić information content (AvgIpc) is 2.76. The number of aryl methyl sites for hydroxylation is 1. The lowest BCUT2D eigenvalue weighted by Crippen LogP contribution is -2.42. The summed E-state index contributed by atoms with van der Waals surface area (Å²) in [6.45, 7) is 2.03. The molecule has 0 unspecified atom stereocenters. The number of fused-ring (bicyclic) bond motifs is 3. The molecule has 2 aliphatic rings. The molecule has 1 aliphatic carbocycles. The molecule has 0 spiro atoms. The van der Waals surface area contributed by atoms with Gasteiger partial charge in [-0.3, -0.25) is 0 Å². The second-order valence-corrected chi connectivity index (χ2v) is 6.25. The minimum absolute atomic E-state index is 0.146. The second kappa shape index (κ2) is 4.26. The van der Waals surface area contributed by atoms with Gasteiger partial charge in [0, 0.05) is 21.1 Å². The number of hydrogen-bond acceptors (Lipinski definition) is 2. The van der Waals surface area contributed by atoms with Crippen LogP contribution in [0.2, 0.25) is 0 Å². The van der Waals surface area contributed by atoms with E-state index in [2.05, 4.69) is 52.2 Å². The van der Waals surface area contributed by atoms with Crippen molar-refractivity contribution in [2.24, 2.45) is 5.92 Å². The topological polar surface area (TPSA) is 49.3 Å². The molecule has 0 saturated carbocycles. The molecule has 0 bridgehead atoms. The van der Waals surface area contributed by atoms with E-state index in [1.807, 2.05) is 6.92 Å². The number of rotatable bonds is 1. The zero-order chi connectivity index (χ0) is 12.9. The molecule has 4 heteroatoms. The average molecular weight is 355 g/mol.